The van der Waals surface area contributed by atoms with Gasteiger partial charge in [0.2, 0.25) is 0 Å². The van der Waals surface area contributed by atoms with Gasteiger partial charge in [-0.15, -0.1) is 0 Å². The molecule has 1 aromatic carbocycles. The molecule has 0 aliphatic heterocycles. The zero-order valence-electron chi connectivity index (χ0n) is 10.3. The fourth-order valence-electron chi connectivity index (χ4n) is 2.57. The number of benzene rings is 1. The highest BCUT2D eigenvalue weighted by atomic mass is 127. The van der Waals surface area contributed by atoms with Gasteiger partial charge in [-0.25, -0.2) is 0 Å². The molecule has 2 rings (SSSR count). The molecule has 1 fully saturated rings. The Morgan fingerprint density at radius 2 is 2.12 bits per heavy atom. The van der Waals surface area contributed by atoms with Crippen LogP contribution in [0, 0.1) is 15.9 Å². The summed E-state index contributed by atoms with van der Waals surface area (Å²) in [6.07, 6.45) is 3.94. The first-order chi connectivity index (χ1) is 7.46. The summed E-state index contributed by atoms with van der Waals surface area (Å²) in [6, 6.07) is 7.29. The predicted octanol–water partition coefficient (Wildman–Crippen LogP) is 4.59. The summed E-state index contributed by atoms with van der Waals surface area (Å²) in [5, 5.41) is 3.69. The zero-order valence-corrected chi connectivity index (χ0v) is 12.5. The third-order valence-electron chi connectivity index (χ3n) is 3.52. The molecular formula is C14H20IN. The van der Waals surface area contributed by atoms with Crippen LogP contribution in [-0.4, -0.2) is 6.04 Å². The lowest BCUT2D eigenvalue weighted by molar-refractivity contribution is 0.378. The zero-order chi connectivity index (χ0) is 11.8. The maximum Gasteiger partial charge on any atom is 0.0372 e. The van der Waals surface area contributed by atoms with Gasteiger partial charge >= 0.3 is 0 Å². The standard InChI is InChI=1S/C14H20IN/c1-10-8-11(15)4-5-13(10)16-12-6-7-14(2,3)9-12/h4-5,8,12,16H,6-7,9H2,1-3H3. The molecule has 1 saturated carbocycles. The van der Waals surface area contributed by atoms with Gasteiger partial charge in [0, 0.05) is 15.3 Å². The molecule has 1 atom stereocenters. The highest BCUT2D eigenvalue weighted by Gasteiger charge is 2.30. The van der Waals surface area contributed by atoms with E-state index in [1.165, 1.54) is 34.1 Å². The second-order valence-electron chi connectivity index (χ2n) is 5.71. The van der Waals surface area contributed by atoms with Crippen LogP contribution in [0.15, 0.2) is 18.2 Å². The van der Waals surface area contributed by atoms with Crippen LogP contribution in [0.1, 0.15) is 38.7 Å². The van der Waals surface area contributed by atoms with Crippen LogP contribution in [-0.2, 0) is 0 Å². The van der Waals surface area contributed by atoms with Gasteiger partial charge in [-0.1, -0.05) is 13.8 Å². The van der Waals surface area contributed by atoms with Gasteiger partial charge in [0.05, 0.1) is 0 Å². The van der Waals surface area contributed by atoms with Crippen molar-refractivity contribution < 1.29 is 0 Å². The summed E-state index contributed by atoms with van der Waals surface area (Å²) in [6.45, 7) is 6.93. The smallest absolute Gasteiger partial charge is 0.0372 e. The second-order valence-corrected chi connectivity index (χ2v) is 6.95. The Hall–Kier alpha value is -0.250. The molecule has 1 unspecified atom stereocenters. The number of aryl methyl sites for hydroxylation is 1. The molecule has 0 amide bonds. The summed E-state index contributed by atoms with van der Waals surface area (Å²) in [5.74, 6) is 0. The van der Waals surface area contributed by atoms with E-state index in [-0.39, 0.29) is 0 Å². The van der Waals surface area contributed by atoms with Gasteiger partial charge in [-0.2, -0.15) is 0 Å². The molecule has 16 heavy (non-hydrogen) atoms. The highest BCUT2D eigenvalue weighted by Crippen LogP contribution is 2.38. The maximum absolute atomic E-state index is 3.69. The van der Waals surface area contributed by atoms with E-state index in [4.69, 9.17) is 0 Å². The molecule has 88 valence electrons. The number of halogens is 1. The van der Waals surface area contributed by atoms with Gasteiger partial charge in [0.15, 0.2) is 0 Å². The number of hydrogen-bond donors (Lipinski definition) is 1. The van der Waals surface area contributed by atoms with Gasteiger partial charge in [0.25, 0.3) is 0 Å². The Morgan fingerprint density at radius 3 is 2.69 bits per heavy atom. The van der Waals surface area contributed by atoms with Crippen molar-refractivity contribution in [3.8, 4) is 0 Å². The summed E-state index contributed by atoms with van der Waals surface area (Å²) in [4.78, 5) is 0. The molecular weight excluding hydrogens is 309 g/mol. The Kier molecular flexibility index (Phi) is 3.48. The third-order valence-corrected chi connectivity index (χ3v) is 4.19. The minimum absolute atomic E-state index is 0.523. The largest absolute Gasteiger partial charge is 0.382 e. The van der Waals surface area contributed by atoms with Crippen LogP contribution in [0.4, 0.5) is 5.69 Å². The summed E-state index contributed by atoms with van der Waals surface area (Å²) in [7, 11) is 0. The SMILES string of the molecule is Cc1cc(I)ccc1NC1CCC(C)(C)C1. The number of hydrogen-bond acceptors (Lipinski definition) is 1. The Morgan fingerprint density at radius 1 is 1.38 bits per heavy atom. The van der Waals surface area contributed by atoms with Crippen molar-refractivity contribution in [2.24, 2.45) is 5.41 Å². The molecule has 0 radical (unpaired) electrons. The van der Waals surface area contributed by atoms with Gasteiger partial charge in [-0.05, 0) is 78.0 Å². The van der Waals surface area contributed by atoms with Gasteiger partial charge in [-0.3, -0.25) is 0 Å². The number of anilines is 1. The van der Waals surface area contributed by atoms with Crippen LogP contribution in [0.25, 0.3) is 0 Å². The molecule has 1 N–H and O–H groups in total. The molecule has 1 aliphatic rings. The maximum atomic E-state index is 3.69. The van der Waals surface area contributed by atoms with E-state index in [1.807, 2.05) is 0 Å². The van der Waals surface area contributed by atoms with Crippen molar-refractivity contribution in [2.45, 2.75) is 46.1 Å². The average Bonchev–Trinajstić information content (AvgIpc) is 2.51. The molecule has 0 bridgehead atoms. The normalized spacial score (nSPS) is 23.4. The monoisotopic (exact) mass is 329 g/mol. The first-order valence-corrected chi connectivity index (χ1v) is 7.07. The first kappa shape index (κ1) is 12.2. The van der Waals surface area contributed by atoms with Crippen molar-refractivity contribution in [2.75, 3.05) is 5.32 Å². The van der Waals surface area contributed by atoms with Crippen molar-refractivity contribution in [1.29, 1.82) is 0 Å². The molecule has 0 aromatic heterocycles. The van der Waals surface area contributed by atoms with E-state index in [9.17, 15) is 0 Å². The minimum Gasteiger partial charge on any atom is -0.382 e. The molecule has 1 nitrogen and oxygen atoms in total. The Balaban J connectivity index is 2.05. The Labute approximate surface area is 112 Å². The van der Waals surface area contributed by atoms with Gasteiger partial charge < -0.3 is 5.32 Å². The Bertz CT molecular complexity index is 384. The molecule has 1 aliphatic carbocycles. The summed E-state index contributed by atoms with van der Waals surface area (Å²) >= 11 is 2.36. The van der Waals surface area contributed by atoms with E-state index >= 15 is 0 Å². The van der Waals surface area contributed by atoms with Crippen molar-refractivity contribution >= 4 is 28.3 Å². The van der Waals surface area contributed by atoms with Crippen LogP contribution >= 0.6 is 22.6 Å². The summed E-state index contributed by atoms with van der Waals surface area (Å²) < 4.78 is 1.31. The molecule has 2 heteroatoms. The van der Waals surface area contributed by atoms with E-state index in [0.29, 0.717) is 11.5 Å². The number of nitrogens with one attached hydrogen (secondary N) is 1. The number of rotatable bonds is 2. The third kappa shape index (κ3) is 2.90. The quantitative estimate of drug-likeness (QED) is 0.783. The fraction of sp³-hybridized carbons (Fsp3) is 0.571. The van der Waals surface area contributed by atoms with E-state index < -0.39 is 0 Å². The molecule has 0 spiro atoms. The van der Waals surface area contributed by atoms with Gasteiger partial charge in [0.1, 0.15) is 0 Å². The van der Waals surface area contributed by atoms with Crippen molar-refractivity contribution in [1.82, 2.24) is 0 Å². The first-order valence-electron chi connectivity index (χ1n) is 5.99. The van der Waals surface area contributed by atoms with E-state index in [0.717, 1.165) is 0 Å². The molecule has 0 heterocycles. The summed E-state index contributed by atoms with van der Waals surface area (Å²) in [5.41, 5.74) is 3.19. The second kappa shape index (κ2) is 4.55. The van der Waals surface area contributed by atoms with Crippen molar-refractivity contribution in [3.63, 3.8) is 0 Å². The van der Waals surface area contributed by atoms with Crippen LogP contribution in [0.5, 0.6) is 0 Å². The highest BCUT2D eigenvalue weighted by molar-refractivity contribution is 14.1. The molecule has 1 aromatic rings. The molecule has 0 saturated heterocycles. The van der Waals surface area contributed by atoms with Crippen LogP contribution in [0.3, 0.4) is 0 Å². The average molecular weight is 329 g/mol. The lowest BCUT2D eigenvalue weighted by Gasteiger charge is -2.19. The predicted molar refractivity (Wildman–Crippen MR) is 78.9 cm³/mol. The minimum atomic E-state index is 0.523. The lowest BCUT2D eigenvalue weighted by atomic mass is 9.92. The van der Waals surface area contributed by atoms with Crippen LogP contribution in [0.2, 0.25) is 0 Å². The van der Waals surface area contributed by atoms with E-state index in [1.54, 1.807) is 0 Å². The van der Waals surface area contributed by atoms with Crippen LogP contribution < -0.4 is 5.32 Å². The van der Waals surface area contributed by atoms with E-state index in [2.05, 4.69) is 66.9 Å². The fourth-order valence-corrected chi connectivity index (χ4v) is 3.22. The lowest BCUT2D eigenvalue weighted by Crippen LogP contribution is -2.18. The van der Waals surface area contributed by atoms with Crippen molar-refractivity contribution in [3.05, 3.63) is 27.3 Å². The topological polar surface area (TPSA) is 12.0 Å².